The number of hydrogen-bond donors (Lipinski definition) is 0. The molecular weight excluding hydrogens is 268 g/mol. The number of carbonyl (C=O) groups is 1. The van der Waals surface area contributed by atoms with Crippen molar-refractivity contribution in [2.45, 2.75) is 25.8 Å². The topological polar surface area (TPSA) is 63.5 Å². The first-order chi connectivity index (χ1) is 9.06. The largest absolute Gasteiger partial charge is 0.334 e. The molecule has 1 fully saturated rings. The van der Waals surface area contributed by atoms with Crippen LogP contribution >= 0.6 is 11.6 Å². The molecule has 0 spiro atoms. The van der Waals surface area contributed by atoms with Crippen molar-refractivity contribution in [1.29, 1.82) is 0 Å². The number of hydrogen-bond acceptors (Lipinski definition) is 3. The Balaban J connectivity index is 2.41. The number of amides is 1. The first kappa shape index (κ1) is 13.8. The Morgan fingerprint density at radius 1 is 1.58 bits per heavy atom. The lowest BCUT2D eigenvalue weighted by atomic mass is 10.0. The van der Waals surface area contributed by atoms with Gasteiger partial charge in [0.25, 0.3) is 11.6 Å². The molecule has 1 heterocycles. The highest BCUT2D eigenvalue weighted by Gasteiger charge is 2.33. The zero-order valence-corrected chi connectivity index (χ0v) is 11.4. The summed E-state index contributed by atoms with van der Waals surface area (Å²) in [6.07, 6.45) is 1.75. The second-order valence-corrected chi connectivity index (χ2v) is 4.98. The van der Waals surface area contributed by atoms with E-state index in [1.54, 1.807) is 24.0 Å². The van der Waals surface area contributed by atoms with E-state index in [4.69, 9.17) is 11.6 Å². The zero-order valence-electron chi connectivity index (χ0n) is 10.6. The van der Waals surface area contributed by atoms with Crippen LogP contribution in [0.15, 0.2) is 18.2 Å². The summed E-state index contributed by atoms with van der Waals surface area (Å²) in [5, 5.41) is 11.1. The van der Waals surface area contributed by atoms with Crippen molar-refractivity contribution < 1.29 is 9.72 Å². The van der Waals surface area contributed by atoms with Gasteiger partial charge in [-0.25, -0.2) is 0 Å². The van der Waals surface area contributed by atoms with Crippen LogP contribution in [0.2, 0.25) is 0 Å². The molecule has 1 aromatic carbocycles. The second kappa shape index (κ2) is 5.57. The number of nitro groups is 1. The molecule has 1 aliphatic heterocycles. The van der Waals surface area contributed by atoms with Crippen LogP contribution in [0.1, 0.15) is 28.8 Å². The molecule has 0 saturated carbocycles. The second-order valence-electron chi connectivity index (χ2n) is 4.68. The van der Waals surface area contributed by atoms with Gasteiger partial charge in [0.1, 0.15) is 5.56 Å². The van der Waals surface area contributed by atoms with Crippen molar-refractivity contribution in [2.75, 3.05) is 12.4 Å². The van der Waals surface area contributed by atoms with Crippen LogP contribution in [0.5, 0.6) is 0 Å². The molecule has 0 aromatic heterocycles. The molecule has 0 N–H and O–H groups in total. The van der Waals surface area contributed by atoms with Gasteiger partial charge in [0.15, 0.2) is 0 Å². The van der Waals surface area contributed by atoms with E-state index < -0.39 is 4.92 Å². The first-order valence-corrected chi connectivity index (χ1v) is 6.70. The van der Waals surface area contributed by atoms with Crippen LogP contribution < -0.4 is 0 Å². The highest BCUT2D eigenvalue weighted by molar-refractivity contribution is 6.18. The van der Waals surface area contributed by atoms with Crippen LogP contribution in [0.3, 0.4) is 0 Å². The third-order valence-electron chi connectivity index (χ3n) is 3.48. The van der Waals surface area contributed by atoms with Crippen LogP contribution in [0, 0.1) is 17.0 Å². The highest BCUT2D eigenvalue weighted by Crippen LogP contribution is 2.27. The number of likely N-dealkylation sites (tertiary alicyclic amines) is 1. The van der Waals surface area contributed by atoms with Crippen molar-refractivity contribution in [3.8, 4) is 0 Å². The summed E-state index contributed by atoms with van der Waals surface area (Å²) < 4.78 is 0. The summed E-state index contributed by atoms with van der Waals surface area (Å²) in [6, 6.07) is 4.65. The van der Waals surface area contributed by atoms with Crippen molar-refractivity contribution in [1.82, 2.24) is 4.90 Å². The first-order valence-electron chi connectivity index (χ1n) is 6.17. The van der Waals surface area contributed by atoms with E-state index in [1.165, 1.54) is 6.07 Å². The molecule has 1 aromatic rings. The van der Waals surface area contributed by atoms with Crippen molar-refractivity contribution in [2.24, 2.45) is 0 Å². The molecule has 6 heteroatoms. The minimum atomic E-state index is -0.508. The number of benzene rings is 1. The maximum Gasteiger partial charge on any atom is 0.282 e. The van der Waals surface area contributed by atoms with Crippen LogP contribution in [-0.2, 0) is 0 Å². The summed E-state index contributed by atoms with van der Waals surface area (Å²) in [5.74, 6) is 0.0822. The summed E-state index contributed by atoms with van der Waals surface area (Å²) in [7, 11) is 0. The van der Waals surface area contributed by atoms with E-state index in [9.17, 15) is 14.9 Å². The fourth-order valence-corrected chi connectivity index (χ4v) is 2.81. The number of nitro benzene ring substituents is 1. The third kappa shape index (κ3) is 2.56. The lowest BCUT2D eigenvalue weighted by Crippen LogP contribution is -2.37. The molecule has 19 heavy (non-hydrogen) atoms. The van der Waals surface area contributed by atoms with Gasteiger partial charge in [0.2, 0.25) is 0 Å². The number of halogens is 1. The monoisotopic (exact) mass is 282 g/mol. The van der Waals surface area contributed by atoms with E-state index in [0.717, 1.165) is 12.8 Å². The third-order valence-corrected chi connectivity index (χ3v) is 3.83. The molecule has 5 nitrogen and oxygen atoms in total. The van der Waals surface area contributed by atoms with Crippen molar-refractivity contribution >= 4 is 23.2 Å². The normalized spacial score (nSPS) is 18.6. The van der Waals surface area contributed by atoms with Gasteiger partial charge in [0, 0.05) is 24.5 Å². The smallest absolute Gasteiger partial charge is 0.282 e. The number of alkyl halides is 1. The van der Waals surface area contributed by atoms with E-state index in [1.807, 2.05) is 0 Å². The SMILES string of the molecule is Cc1cccc([N+](=O)[O-])c1C(=O)N1CCCC1CCl. The quantitative estimate of drug-likeness (QED) is 0.486. The Bertz CT molecular complexity index is 519. The maximum atomic E-state index is 12.5. The molecule has 1 amide bonds. The molecule has 1 aliphatic rings. The number of nitrogens with zero attached hydrogens (tertiary/aromatic N) is 2. The number of rotatable bonds is 3. The van der Waals surface area contributed by atoms with Gasteiger partial charge in [-0.05, 0) is 25.3 Å². The van der Waals surface area contributed by atoms with Gasteiger partial charge in [0.05, 0.1) is 4.92 Å². The van der Waals surface area contributed by atoms with Gasteiger partial charge >= 0.3 is 0 Å². The lowest BCUT2D eigenvalue weighted by molar-refractivity contribution is -0.385. The highest BCUT2D eigenvalue weighted by atomic mass is 35.5. The minimum absolute atomic E-state index is 0.0200. The molecule has 102 valence electrons. The van der Waals surface area contributed by atoms with Gasteiger partial charge in [-0.15, -0.1) is 11.6 Å². The van der Waals surface area contributed by atoms with Gasteiger partial charge in [-0.2, -0.15) is 0 Å². The zero-order chi connectivity index (χ0) is 14.0. The minimum Gasteiger partial charge on any atom is -0.334 e. The predicted octanol–water partition coefficient (Wildman–Crippen LogP) is 2.75. The maximum absolute atomic E-state index is 12.5. The molecular formula is C13H15ClN2O3. The molecule has 2 rings (SSSR count). The van der Waals surface area contributed by atoms with Gasteiger partial charge < -0.3 is 4.90 Å². The Hall–Kier alpha value is -1.62. The van der Waals surface area contributed by atoms with Gasteiger partial charge in [-0.1, -0.05) is 12.1 Å². The van der Waals surface area contributed by atoms with Gasteiger partial charge in [-0.3, -0.25) is 14.9 Å². The van der Waals surface area contributed by atoms with Crippen LogP contribution in [-0.4, -0.2) is 34.2 Å². The van der Waals surface area contributed by atoms with Crippen LogP contribution in [0.25, 0.3) is 0 Å². The summed E-state index contributed by atoms with van der Waals surface area (Å²) >= 11 is 5.85. The van der Waals surface area contributed by atoms with E-state index in [0.29, 0.717) is 18.0 Å². The Morgan fingerprint density at radius 2 is 2.32 bits per heavy atom. The Labute approximate surface area is 116 Å². The van der Waals surface area contributed by atoms with E-state index in [2.05, 4.69) is 0 Å². The fourth-order valence-electron chi connectivity index (χ4n) is 2.49. The fraction of sp³-hybridized carbons (Fsp3) is 0.462. The molecule has 0 aliphatic carbocycles. The molecule has 0 radical (unpaired) electrons. The summed E-state index contributed by atoms with van der Waals surface area (Å²) in [4.78, 5) is 24.7. The Kier molecular flexibility index (Phi) is 4.04. The number of carbonyl (C=O) groups excluding carboxylic acids is 1. The molecule has 0 bridgehead atoms. The van der Waals surface area contributed by atoms with Crippen molar-refractivity contribution in [3.63, 3.8) is 0 Å². The molecule has 1 unspecified atom stereocenters. The lowest BCUT2D eigenvalue weighted by Gasteiger charge is -2.23. The number of aryl methyl sites for hydroxylation is 1. The summed E-state index contributed by atoms with van der Waals surface area (Å²) in [6.45, 7) is 2.33. The molecule has 1 saturated heterocycles. The standard InChI is InChI=1S/C13H15ClN2O3/c1-9-4-2-6-11(16(18)19)12(9)13(17)15-7-3-5-10(15)8-14/h2,4,6,10H,3,5,7-8H2,1H3. The Morgan fingerprint density at radius 3 is 2.95 bits per heavy atom. The van der Waals surface area contributed by atoms with E-state index >= 15 is 0 Å². The molecule has 1 atom stereocenters. The van der Waals surface area contributed by atoms with E-state index in [-0.39, 0.29) is 23.2 Å². The summed E-state index contributed by atoms with van der Waals surface area (Å²) in [5.41, 5.74) is 0.675. The van der Waals surface area contributed by atoms with Crippen LogP contribution in [0.4, 0.5) is 5.69 Å². The van der Waals surface area contributed by atoms with Crippen molar-refractivity contribution in [3.05, 3.63) is 39.4 Å². The average molecular weight is 283 g/mol. The predicted molar refractivity (Wildman–Crippen MR) is 72.6 cm³/mol. The average Bonchev–Trinajstić information content (AvgIpc) is 2.85.